The molecule has 154 valence electrons. The number of carbonyl (C=O) groups excluding carboxylic acids is 2. The molecule has 1 aliphatic carbocycles. The molecule has 0 bridgehead atoms. The summed E-state index contributed by atoms with van der Waals surface area (Å²) >= 11 is 0. The monoisotopic (exact) mass is 403 g/mol. The van der Waals surface area contributed by atoms with Crippen molar-refractivity contribution in [3.8, 4) is 11.3 Å². The molecular formula is C23H25N5O2. The van der Waals surface area contributed by atoms with E-state index < -0.39 is 0 Å². The predicted octanol–water partition coefficient (Wildman–Crippen LogP) is 3.89. The van der Waals surface area contributed by atoms with Gasteiger partial charge in [0.2, 0.25) is 5.91 Å². The topological polar surface area (TPSA) is 98.9 Å². The van der Waals surface area contributed by atoms with Gasteiger partial charge < -0.3 is 20.9 Å². The normalized spacial score (nSPS) is 13.0. The zero-order valence-corrected chi connectivity index (χ0v) is 16.9. The van der Waals surface area contributed by atoms with Crippen LogP contribution in [0.25, 0.3) is 11.3 Å². The number of para-hydroxylation sites is 1. The molecule has 0 saturated carbocycles. The highest BCUT2D eigenvalue weighted by molar-refractivity contribution is 6.07. The molecule has 0 saturated heterocycles. The highest BCUT2D eigenvalue weighted by Crippen LogP contribution is 2.39. The summed E-state index contributed by atoms with van der Waals surface area (Å²) in [4.78, 5) is 32.5. The van der Waals surface area contributed by atoms with Gasteiger partial charge in [-0.25, -0.2) is 4.98 Å². The van der Waals surface area contributed by atoms with Gasteiger partial charge in [0.1, 0.15) is 5.82 Å². The number of anilines is 3. The summed E-state index contributed by atoms with van der Waals surface area (Å²) in [6.45, 7) is 0.599. The second-order valence-electron chi connectivity index (χ2n) is 7.33. The molecule has 30 heavy (non-hydrogen) atoms. The molecule has 0 fully saturated rings. The van der Waals surface area contributed by atoms with Crippen molar-refractivity contribution in [1.82, 2.24) is 15.3 Å². The maximum atomic E-state index is 12.7. The molecule has 0 aliphatic heterocycles. The first-order valence-electron chi connectivity index (χ1n) is 10.2. The van der Waals surface area contributed by atoms with Crippen LogP contribution in [0, 0.1) is 0 Å². The Bertz CT molecular complexity index is 1060. The molecule has 1 aromatic carbocycles. The maximum absolute atomic E-state index is 12.7. The van der Waals surface area contributed by atoms with Gasteiger partial charge in [-0.15, -0.1) is 0 Å². The average molecular weight is 403 g/mol. The summed E-state index contributed by atoms with van der Waals surface area (Å²) in [5.74, 6) is 0.530. The molecule has 2 aromatic heterocycles. The Morgan fingerprint density at radius 2 is 2.00 bits per heavy atom. The number of carbonyl (C=O) groups is 2. The van der Waals surface area contributed by atoms with Crippen molar-refractivity contribution in [2.24, 2.45) is 0 Å². The molecule has 4 rings (SSSR count). The molecule has 0 radical (unpaired) electrons. The van der Waals surface area contributed by atoms with E-state index in [2.05, 4.69) is 25.9 Å². The number of aromatic nitrogens is 2. The molecule has 0 atom stereocenters. The summed E-state index contributed by atoms with van der Waals surface area (Å²) in [5, 5.41) is 9.22. The SMILES string of the molecule is CNCCC(=O)Nc1cc(-c2[nH]c3c(c2Nc2ccccc2)C(=O)CCC3)ccn1. The van der Waals surface area contributed by atoms with E-state index in [0.717, 1.165) is 46.7 Å². The third kappa shape index (κ3) is 4.26. The van der Waals surface area contributed by atoms with Crippen molar-refractivity contribution in [3.63, 3.8) is 0 Å². The number of nitrogens with zero attached hydrogens (tertiary/aromatic N) is 1. The van der Waals surface area contributed by atoms with E-state index in [1.54, 1.807) is 6.20 Å². The van der Waals surface area contributed by atoms with Crippen molar-refractivity contribution in [1.29, 1.82) is 0 Å². The van der Waals surface area contributed by atoms with Crippen molar-refractivity contribution >= 4 is 28.9 Å². The zero-order valence-electron chi connectivity index (χ0n) is 16.9. The Hall–Kier alpha value is -3.45. The number of nitrogens with one attached hydrogen (secondary N) is 4. The standard InChI is InChI=1S/C23H25N5O2/c1-24-12-11-20(30)28-19-14-15(10-13-25-19)22-23(26-16-6-3-2-4-7-16)21-17(27-22)8-5-9-18(21)29/h2-4,6-7,10,13-14,24,26-27H,5,8-9,11-12H2,1H3,(H,25,28,30). The fourth-order valence-corrected chi connectivity index (χ4v) is 3.70. The van der Waals surface area contributed by atoms with Crippen molar-refractivity contribution in [2.45, 2.75) is 25.7 Å². The molecular weight excluding hydrogens is 378 g/mol. The number of hydrogen-bond acceptors (Lipinski definition) is 5. The summed E-state index contributed by atoms with van der Waals surface area (Å²) in [5.41, 5.74) is 5.06. The van der Waals surface area contributed by atoms with Crippen LogP contribution in [-0.4, -0.2) is 35.3 Å². The molecule has 1 amide bonds. The molecule has 0 unspecified atom stereocenters. The molecule has 0 spiro atoms. The van der Waals surface area contributed by atoms with E-state index in [1.165, 1.54) is 0 Å². The van der Waals surface area contributed by atoms with Crippen LogP contribution in [0.15, 0.2) is 48.7 Å². The van der Waals surface area contributed by atoms with Crippen molar-refractivity contribution < 1.29 is 9.59 Å². The number of H-pyrrole nitrogens is 1. The van der Waals surface area contributed by atoms with Gasteiger partial charge >= 0.3 is 0 Å². The van der Waals surface area contributed by atoms with Crippen LogP contribution in [0.2, 0.25) is 0 Å². The largest absolute Gasteiger partial charge is 0.356 e. The lowest BCUT2D eigenvalue weighted by molar-refractivity contribution is -0.116. The number of Topliss-reactive ketones (excluding diaryl/α,β-unsaturated/α-hetero) is 1. The molecule has 1 aliphatic rings. The van der Waals surface area contributed by atoms with Gasteiger partial charge in [0, 0.05) is 42.5 Å². The first-order chi connectivity index (χ1) is 14.7. The number of benzene rings is 1. The van der Waals surface area contributed by atoms with Gasteiger partial charge in [-0.05, 0) is 44.2 Å². The van der Waals surface area contributed by atoms with Crippen molar-refractivity contribution in [3.05, 3.63) is 59.9 Å². The van der Waals surface area contributed by atoms with Crippen LogP contribution < -0.4 is 16.0 Å². The number of ketones is 1. The molecule has 2 heterocycles. The Morgan fingerprint density at radius 1 is 1.17 bits per heavy atom. The van der Waals surface area contributed by atoms with Gasteiger partial charge in [-0.2, -0.15) is 0 Å². The number of rotatable bonds is 7. The number of aromatic amines is 1. The zero-order chi connectivity index (χ0) is 20.9. The van der Waals surface area contributed by atoms with Gasteiger partial charge in [0.05, 0.1) is 16.9 Å². The fourth-order valence-electron chi connectivity index (χ4n) is 3.70. The number of fused-ring (bicyclic) bond motifs is 1. The third-order valence-corrected chi connectivity index (χ3v) is 5.15. The Morgan fingerprint density at radius 3 is 2.80 bits per heavy atom. The third-order valence-electron chi connectivity index (χ3n) is 5.15. The van der Waals surface area contributed by atoms with Crippen LogP contribution in [0.5, 0.6) is 0 Å². The van der Waals surface area contributed by atoms with E-state index in [9.17, 15) is 9.59 Å². The minimum Gasteiger partial charge on any atom is -0.356 e. The summed E-state index contributed by atoms with van der Waals surface area (Å²) < 4.78 is 0. The minimum atomic E-state index is -0.0995. The Balaban J connectivity index is 1.71. The maximum Gasteiger partial charge on any atom is 0.226 e. The number of amides is 1. The average Bonchev–Trinajstić information content (AvgIpc) is 3.13. The van der Waals surface area contributed by atoms with Crippen LogP contribution in [-0.2, 0) is 11.2 Å². The van der Waals surface area contributed by atoms with Gasteiger partial charge in [-0.3, -0.25) is 9.59 Å². The molecule has 7 nitrogen and oxygen atoms in total. The quantitative estimate of drug-likeness (QED) is 0.480. The van der Waals surface area contributed by atoms with Crippen LogP contribution in [0.3, 0.4) is 0 Å². The van der Waals surface area contributed by atoms with Gasteiger partial charge in [0.15, 0.2) is 5.78 Å². The van der Waals surface area contributed by atoms with E-state index >= 15 is 0 Å². The van der Waals surface area contributed by atoms with Crippen LogP contribution in [0.1, 0.15) is 35.3 Å². The second kappa shape index (κ2) is 8.92. The highest BCUT2D eigenvalue weighted by atomic mass is 16.1. The number of hydrogen-bond donors (Lipinski definition) is 4. The van der Waals surface area contributed by atoms with E-state index in [4.69, 9.17) is 0 Å². The summed E-state index contributed by atoms with van der Waals surface area (Å²) in [7, 11) is 1.81. The lowest BCUT2D eigenvalue weighted by Crippen LogP contribution is -2.19. The Kier molecular flexibility index (Phi) is 5.90. The summed E-state index contributed by atoms with van der Waals surface area (Å²) in [6, 6.07) is 13.5. The molecule has 7 heteroatoms. The van der Waals surface area contributed by atoms with Crippen LogP contribution in [0.4, 0.5) is 17.2 Å². The highest BCUT2D eigenvalue weighted by Gasteiger charge is 2.27. The van der Waals surface area contributed by atoms with E-state index in [1.807, 2.05) is 49.5 Å². The van der Waals surface area contributed by atoms with Gasteiger partial charge in [0.25, 0.3) is 0 Å². The predicted molar refractivity (Wildman–Crippen MR) is 118 cm³/mol. The van der Waals surface area contributed by atoms with Crippen molar-refractivity contribution in [2.75, 3.05) is 24.2 Å². The van der Waals surface area contributed by atoms with Crippen LogP contribution >= 0.6 is 0 Å². The first-order valence-corrected chi connectivity index (χ1v) is 10.2. The number of aryl methyl sites for hydroxylation is 1. The Labute approximate surface area is 175 Å². The molecule has 3 aromatic rings. The lowest BCUT2D eigenvalue weighted by atomic mass is 9.95. The summed E-state index contributed by atoms with van der Waals surface area (Å²) in [6.07, 6.45) is 4.27. The van der Waals surface area contributed by atoms with Gasteiger partial charge in [-0.1, -0.05) is 18.2 Å². The van der Waals surface area contributed by atoms with E-state index in [-0.39, 0.29) is 11.7 Å². The molecule has 4 N–H and O–H groups in total. The second-order valence-corrected chi connectivity index (χ2v) is 7.33. The first kappa shape index (κ1) is 19.8. The van der Waals surface area contributed by atoms with E-state index in [0.29, 0.717) is 25.2 Å². The smallest absolute Gasteiger partial charge is 0.226 e. The minimum absolute atomic E-state index is 0.0995. The lowest BCUT2D eigenvalue weighted by Gasteiger charge is -2.14. The fraction of sp³-hybridized carbons (Fsp3) is 0.261. The number of pyridine rings is 1.